The maximum atomic E-state index is 12.1. The topological polar surface area (TPSA) is 52.8 Å². The third-order valence-electron chi connectivity index (χ3n) is 2.78. The SMILES string of the molecule is FC(F)(F)Oc1ccc(-n2cc(-c3cnccn3)cn2)cc1. The molecule has 112 valence electrons. The fourth-order valence-electron chi connectivity index (χ4n) is 1.84. The molecule has 2 aromatic heterocycles. The third-order valence-corrected chi connectivity index (χ3v) is 2.78. The molecule has 8 heteroatoms. The lowest BCUT2D eigenvalue weighted by atomic mass is 10.2. The molecule has 2 heterocycles. The van der Waals surface area contributed by atoms with E-state index >= 15 is 0 Å². The average Bonchev–Trinajstić information content (AvgIpc) is 2.97. The van der Waals surface area contributed by atoms with E-state index in [9.17, 15) is 13.2 Å². The standard InChI is InChI=1S/C14H9F3N4O/c15-14(16,17)22-12-3-1-11(2-4-12)21-9-10(7-20-21)13-8-18-5-6-19-13/h1-9H. The van der Waals surface area contributed by atoms with Crippen LogP contribution < -0.4 is 4.74 Å². The van der Waals surface area contributed by atoms with Crippen LogP contribution in [0, 0.1) is 0 Å². The molecule has 0 saturated heterocycles. The normalized spacial score (nSPS) is 11.4. The van der Waals surface area contributed by atoms with Crippen molar-refractivity contribution in [3.05, 3.63) is 55.2 Å². The van der Waals surface area contributed by atoms with Crippen LogP contribution in [-0.2, 0) is 0 Å². The first-order valence-corrected chi connectivity index (χ1v) is 6.18. The van der Waals surface area contributed by atoms with Gasteiger partial charge in [0.15, 0.2) is 0 Å². The Labute approximate surface area is 123 Å². The molecule has 3 rings (SSSR count). The molecule has 0 radical (unpaired) electrons. The minimum atomic E-state index is -4.70. The number of halogens is 3. The smallest absolute Gasteiger partial charge is 0.406 e. The highest BCUT2D eigenvalue weighted by molar-refractivity contribution is 5.56. The predicted molar refractivity (Wildman–Crippen MR) is 71.3 cm³/mol. The van der Waals surface area contributed by atoms with Gasteiger partial charge in [-0.25, -0.2) is 4.68 Å². The number of nitrogens with zero attached hydrogens (tertiary/aromatic N) is 4. The van der Waals surface area contributed by atoms with E-state index in [4.69, 9.17) is 0 Å². The van der Waals surface area contributed by atoms with Crippen molar-refractivity contribution in [2.24, 2.45) is 0 Å². The molecule has 3 aromatic rings. The highest BCUT2D eigenvalue weighted by atomic mass is 19.4. The van der Waals surface area contributed by atoms with E-state index < -0.39 is 6.36 Å². The van der Waals surface area contributed by atoms with Crippen molar-refractivity contribution in [1.29, 1.82) is 0 Å². The lowest BCUT2D eigenvalue weighted by Crippen LogP contribution is -2.17. The summed E-state index contributed by atoms with van der Waals surface area (Å²) in [6.07, 6.45) is 3.34. The zero-order valence-corrected chi connectivity index (χ0v) is 11.0. The second kappa shape index (κ2) is 5.47. The Kier molecular flexibility index (Phi) is 3.50. The molecule has 0 aliphatic heterocycles. The first-order chi connectivity index (χ1) is 10.5. The average molecular weight is 306 g/mol. The van der Waals surface area contributed by atoms with Crippen LogP contribution in [0.25, 0.3) is 16.9 Å². The lowest BCUT2D eigenvalue weighted by molar-refractivity contribution is -0.274. The molecule has 0 aliphatic rings. The van der Waals surface area contributed by atoms with Crippen LogP contribution in [-0.4, -0.2) is 26.1 Å². The van der Waals surface area contributed by atoms with Crippen molar-refractivity contribution in [2.75, 3.05) is 0 Å². The Hall–Kier alpha value is -2.90. The highest BCUT2D eigenvalue weighted by Gasteiger charge is 2.30. The minimum absolute atomic E-state index is 0.280. The molecule has 0 atom stereocenters. The summed E-state index contributed by atoms with van der Waals surface area (Å²) in [5.41, 5.74) is 2.01. The summed E-state index contributed by atoms with van der Waals surface area (Å²) in [5.74, 6) is -0.280. The second-order valence-corrected chi connectivity index (χ2v) is 4.31. The van der Waals surface area contributed by atoms with Crippen LogP contribution in [0.4, 0.5) is 13.2 Å². The van der Waals surface area contributed by atoms with Crippen LogP contribution in [0.5, 0.6) is 5.75 Å². The minimum Gasteiger partial charge on any atom is -0.406 e. The summed E-state index contributed by atoms with van der Waals surface area (Å²) in [6, 6.07) is 5.42. The van der Waals surface area contributed by atoms with Gasteiger partial charge in [0.2, 0.25) is 0 Å². The van der Waals surface area contributed by atoms with E-state index in [2.05, 4.69) is 19.8 Å². The molecule has 1 aromatic carbocycles. The molecule has 0 fully saturated rings. The zero-order chi connectivity index (χ0) is 15.6. The molecule has 22 heavy (non-hydrogen) atoms. The highest BCUT2D eigenvalue weighted by Crippen LogP contribution is 2.24. The number of aromatic nitrogens is 4. The van der Waals surface area contributed by atoms with Gasteiger partial charge in [0, 0.05) is 24.2 Å². The predicted octanol–water partition coefficient (Wildman–Crippen LogP) is 3.23. The van der Waals surface area contributed by atoms with Crippen LogP contribution in [0.2, 0.25) is 0 Å². The largest absolute Gasteiger partial charge is 0.573 e. The van der Waals surface area contributed by atoms with Crippen LogP contribution >= 0.6 is 0 Å². The van der Waals surface area contributed by atoms with Gasteiger partial charge in [0.25, 0.3) is 0 Å². The van der Waals surface area contributed by atoms with E-state index in [-0.39, 0.29) is 5.75 Å². The molecule has 5 nitrogen and oxygen atoms in total. The zero-order valence-electron chi connectivity index (χ0n) is 11.0. The Morgan fingerprint density at radius 1 is 1.00 bits per heavy atom. The van der Waals surface area contributed by atoms with Crippen LogP contribution in [0.15, 0.2) is 55.2 Å². The quantitative estimate of drug-likeness (QED) is 0.745. The summed E-state index contributed by atoms with van der Waals surface area (Å²) in [4.78, 5) is 8.12. The molecule has 0 bridgehead atoms. The van der Waals surface area contributed by atoms with Crippen molar-refractivity contribution in [3.63, 3.8) is 0 Å². The van der Waals surface area contributed by atoms with Gasteiger partial charge in [-0.2, -0.15) is 5.10 Å². The van der Waals surface area contributed by atoms with E-state index in [1.165, 1.54) is 28.9 Å². The summed E-state index contributed by atoms with van der Waals surface area (Å²) < 4.78 is 41.7. The maximum Gasteiger partial charge on any atom is 0.573 e. The van der Waals surface area contributed by atoms with Crippen molar-refractivity contribution in [2.45, 2.75) is 6.36 Å². The van der Waals surface area contributed by atoms with Crippen LogP contribution in [0.3, 0.4) is 0 Å². The number of hydrogen-bond acceptors (Lipinski definition) is 4. The number of ether oxygens (including phenoxy) is 1. The Bertz CT molecular complexity index is 754. The summed E-state index contributed by atoms with van der Waals surface area (Å²) in [5, 5.41) is 4.15. The van der Waals surface area contributed by atoms with Gasteiger partial charge >= 0.3 is 6.36 Å². The molecule has 0 amide bonds. The van der Waals surface area contributed by atoms with Crippen molar-refractivity contribution in [1.82, 2.24) is 19.7 Å². The number of benzene rings is 1. The lowest BCUT2D eigenvalue weighted by Gasteiger charge is -2.09. The number of alkyl halides is 3. The van der Waals surface area contributed by atoms with Gasteiger partial charge in [-0.15, -0.1) is 13.2 Å². The maximum absolute atomic E-state index is 12.1. The molecule has 0 aliphatic carbocycles. The molecule has 0 spiro atoms. The summed E-state index contributed by atoms with van der Waals surface area (Å²) >= 11 is 0. The number of rotatable bonds is 3. The Balaban J connectivity index is 1.82. The van der Waals surface area contributed by atoms with Crippen molar-refractivity contribution >= 4 is 0 Å². The fraction of sp³-hybridized carbons (Fsp3) is 0.0714. The van der Waals surface area contributed by atoms with Gasteiger partial charge in [-0.05, 0) is 24.3 Å². The summed E-state index contributed by atoms with van der Waals surface area (Å²) in [7, 11) is 0. The molecular weight excluding hydrogens is 297 g/mol. The van der Waals surface area contributed by atoms with Gasteiger partial charge < -0.3 is 4.74 Å². The Morgan fingerprint density at radius 2 is 1.77 bits per heavy atom. The van der Waals surface area contributed by atoms with Crippen LogP contribution in [0.1, 0.15) is 0 Å². The van der Waals surface area contributed by atoms with E-state index in [1.807, 2.05) is 0 Å². The second-order valence-electron chi connectivity index (χ2n) is 4.31. The van der Waals surface area contributed by atoms with E-state index in [0.29, 0.717) is 11.4 Å². The van der Waals surface area contributed by atoms with Gasteiger partial charge in [0.1, 0.15) is 5.75 Å². The Morgan fingerprint density at radius 3 is 2.41 bits per heavy atom. The third kappa shape index (κ3) is 3.22. The van der Waals surface area contributed by atoms with E-state index in [0.717, 1.165) is 5.56 Å². The first kappa shape index (κ1) is 14.1. The molecular formula is C14H9F3N4O. The molecule has 0 N–H and O–H groups in total. The van der Waals surface area contributed by atoms with Gasteiger partial charge in [-0.1, -0.05) is 0 Å². The van der Waals surface area contributed by atoms with Gasteiger partial charge in [-0.3, -0.25) is 9.97 Å². The monoisotopic (exact) mass is 306 g/mol. The molecule has 0 unspecified atom stereocenters. The first-order valence-electron chi connectivity index (χ1n) is 6.18. The molecule has 0 saturated carbocycles. The van der Waals surface area contributed by atoms with Gasteiger partial charge in [0.05, 0.1) is 23.8 Å². The summed E-state index contributed by atoms with van der Waals surface area (Å²) in [6.45, 7) is 0. The van der Waals surface area contributed by atoms with Crippen molar-refractivity contribution < 1.29 is 17.9 Å². The number of hydrogen-bond donors (Lipinski definition) is 0. The fourth-order valence-corrected chi connectivity index (χ4v) is 1.84. The van der Waals surface area contributed by atoms with Crippen molar-refractivity contribution in [3.8, 4) is 22.7 Å². The van der Waals surface area contributed by atoms with E-state index in [1.54, 1.807) is 31.0 Å².